The normalized spacial score (nSPS) is 17.2. The van der Waals surface area contributed by atoms with Crippen molar-refractivity contribution < 1.29 is 29.1 Å². The average molecular weight is 350 g/mol. The van der Waals surface area contributed by atoms with E-state index in [2.05, 4.69) is 5.32 Å². The number of carbonyl (C=O) groups excluding carboxylic acids is 2. The molecule has 0 spiro atoms. The average Bonchev–Trinajstić information content (AvgIpc) is 2.58. The van der Waals surface area contributed by atoms with E-state index in [1.165, 1.54) is 32.2 Å². The highest BCUT2D eigenvalue weighted by molar-refractivity contribution is 5.95. The first-order valence-corrected chi connectivity index (χ1v) is 7.09. The Balaban J connectivity index is 2.70. The summed E-state index contributed by atoms with van der Waals surface area (Å²) in [6, 6.07) is 0.728. The van der Waals surface area contributed by atoms with Crippen molar-refractivity contribution >= 4 is 17.7 Å². The fourth-order valence-corrected chi connectivity index (χ4v) is 2.52. The number of allylic oxidation sites excluding steroid dienone is 1. The van der Waals surface area contributed by atoms with Gasteiger partial charge in [0.05, 0.1) is 30.8 Å². The van der Waals surface area contributed by atoms with Gasteiger partial charge in [0, 0.05) is 24.6 Å². The second kappa shape index (κ2) is 6.67. The highest BCUT2D eigenvalue weighted by Crippen LogP contribution is 2.39. The van der Waals surface area contributed by atoms with Gasteiger partial charge >= 0.3 is 12.0 Å². The van der Waals surface area contributed by atoms with Crippen molar-refractivity contribution in [3.05, 3.63) is 39.1 Å². The zero-order valence-electron chi connectivity index (χ0n) is 14.0. The highest BCUT2D eigenvalue weighted by Gasteiger charge is 2.35. The van der Waals surface area contributed by atoms with E-state index in [4.69, 9.17) is 9.47 Å². The van der Waals surface area contributed by atoms with Gasteiger partial charge in [-0.2, -0.15) is 0 Å². The predicted octanol–water partition coefficient (Wildman–Crippen LogP) is 0.820. The number of nitrogens with zero attached hydrogens (tertiary/aromatic N) is 2. The molecule has 25 heavy (non-hydrogen) atoms. The summed E-state index contributed by atoms with van der Waals surface area (Å²) in [7, 11) is 3.84. The molecule has 1 atom stereocenters. The fourth-order valence-electron chi connectivity index (χ4n) is 2.52. The number of nitrogens with one attached hydrogen (secondary N) is 1. The maximum atomic E-state index is 12.2. The van der Waals surface area contributed by atoms with Gasteiger partial charge < -0.3 is 24.8 Å². The second-order valence-electron chi connectivity index (χ2n) is 5.26. The minimum atomic E-state index is -1.02. The molecule has 0 aromatic heterocycles. The van der Waals surface area contributed by atoms with Gasteiger partial charge in [-0.1, -0.05) is 0 Å². The van der Waals surface area contributed by atoms with Crippen LogP contribution in [0.25, 0.3) is 0 Å². The molecule has 0 radical (unpaired) electrons. The van der Waals surface area contributed by atoms with E-state index in [1.54, 1.807) is 6.92 Å². The summed E-state index contributed by atoms with van der Waals surface area (Å²) in [6.07, 6.45) is 0. The van der Waals surface area contributed by atoms with E-state index in [9.17, 15) is 24.8 Å². The largest absolute Gasteiger partial charge is 0.865 e. The third-order valence-corrected chi connectivity index (χ3v) is 3.97. The molecular formula is C15H16N3O7-. The molecule has 0 saturated heterocycles. The summed E-state index contributed by atoms with van der Waals surface area (Å²) in [5.74, 6) is -1.86. The van der Waals surface area contributed by atoms with Crippen LogP contribution >= 0.6 is 0 Å². The van der Waals surface area contributed by atoms with E-state index < -0.39 is 34.4 Å². The van der Waals surface area contributed by atoms with Crippen LogP contribution in [0.1, 0.15) is 18.5 Å². The molecule has 0 fully saturated rings. The smallest absolute Gasteiger partial charge is 0.337 e. The van der Waals surface area contributed by atoms with Gasteiger partial charge in [-0.05, 0) is 18.6 Å². The molecule has 2 rings (SSSR count). The minimum Gasteiger partial charge on any atom is -0.865 e. The van der Waals surface area contributed by atoms with E-state index in [1.807, 2.05) is 0 Å². The van der Waals surface area contributed by atoms with E-state index in [0.717, 1.165) is 6.07 Å². The molecule has 1 heterocycles. The molecule has 1 aliphatic heterocycles. The summed E-state index contributed by atoms with van der Waals surface area (Å²) in [5, 5.41) is 25.7. The van der Waals surface area contributed by atoms with Crippen LogP contribution in [-0.2, 0) is 9.53 Å². The number of benzene rings is 1. The number of methoxy groups -OCH3 is 2. The first-order valence-electron chi connectivity index (χ1n) is 7.09. The Kier molecular flexibility index (Phi) is 4.82. The Labute approximate surface area is 142 Å². The molecule has 10 nitrogen and oxygen atoms in total. The first-order chi connectivity index (χ1) is 11.7. The molecular weight excluding hydrogens is 334 g/mol. The Morgan fingerprint density at radius 2 is 2.00 bits per heavy atom. The van der Waals surface area contributed by atoms with Crippen LogP contribution in [0.15, 0.2) is 23.4 Å². The number of urea groups is 1. The molecule has 1 N–H and O–H groups in total. The van der Waals surface area contributed by atoms with Crippen molar-refractivity contribution in [2.24, 2.45) is 0 Å². The lowest BCUT2D eigenvalue weighted by atomic mass is 9.94. The van der Waals surface area contributed by atoms with Crippen molar-refractivity contribution in [2.45, 2.75) is 13.0 Å². The first kappa shape index (κ1) is 18.0. The van der Waals surface area contributed by atoms with Gasteiger partial charge in [-0.25, -0.2) is 9.59 Å². The molecule has 10 heteroatoms. The molecule has 0 unspecified atom stereocenters. The molecule has 1 aromatic rings. The van der Waals surface area contributed by atoms with Crippen LogP contribution < -0.4 is 15.2 Å². The Morgan fingerprint density at radius 1 is 1.36 bits per heavy atom. The van der Waals surface area contributed by atoms with Crippen molar-refractivity contribution in [1.82, 2.24) is 10.2 Å². The Hall–Kier alpha value is -3.30. The SMILES string of the molecule is COC(=O)C1=C(C)N(C)C(=O)N[C@H]1c1cc(OC)c([O-])c([N+](=O)[O-])c1. The Bertz CT molecular complexity index is 788. The van der Waals surface area contributed by atoms with Gasteiger partial charge in [-0.3, -0.25) is 10.1 Å². The van der Waals surface area contributed by atoms with Crippen molar-refractivity contribution in [1.29, 1.82) is 0 Å². The van der Waals surface area contributed by atoms with Gasteiger partial charge in [0.1, 0.15) is 5.75 Å². The molecule has 134 valence electrons. The zero-order valence-corrected chi connectivity index (χ0v) is 14.0. The Morgan fingerprint density at radius 3 is 2.52 bits per heavy atom. The monoisotopic (exact) mass is 350 g/mol. The lowest BCUT2D eigenvalue weighted by molar-refractivity contribution is -0.398. The third kappa shape index (κ3) is 3.05. The number of hydrogen-bond acceptors (Lipinski definition) is 7. The highest BCUT2D eigenvalue weighted by atomic mass is 16.6. The lowest BCUT2D eigenvalue weighted by Gasteiger charge is -2.33. The molecule has 1 aliphatic rings. The molecule has 1 aromatic carbocycles. The van der Waals surface area contributed by atoms with E-state index in [0.29, 0.717) is 5.70 Å². The summed E-state index contributed by atoms with van der Waals surface area (Å²) >= 11 is 0. The third-order valence-electron chi connectivity index (χ3n) is 3.97. The van der Waals surface area contributed by atoms with E-state index >= 15 is 0 Å². The number of carbonyl (C=O) groups is 2. The molecule has 0 bridgehead atoms. The van der Waals surface area contributed by atoms with Crippen LogP contribution in [0.5, 0.6) is 11.5 Å². The van der Waals surface area contributed by atoms with Gasteiger partial charge in [0.15, 0.2) is 0 Å². The standard InChI is InChI=1S/C15H17N3O7/c1-7-11(14(20)25-4)12(16-15(21)17(7)2)8-5-9(18(22)23)13(19)10(6-8)24-3/h5-6,12,19H,1-4H3,(H,16,21)/p-1/t12-/m0/s1. The number of nitro benzene ring substituents is 1. The van der Waals surface area contributed by atoms with Gasteiger partial charge in [0.25, 0.3) is 5.69 Å². The quantitative estimate of drug-likeness (QED) is 0.482. The van der Waals surface area contributed by atoms with Crippen LogP contribution in [0.3, 0.4) is 0 Å². The minimum absolute atomic E-state index is 0.0969. The van der Waals surface area contributed by atoms with Crippen LogP contribution in [0, 0.1) is 10.1 Å². The number of esters is 1. The zero-order chi connectivity index (χ0) is 18.9. The van der Waals surface area contributed by atoms with E-state index in [-0.39, 0.29) is 16.9 Å². The summed E-state index contributed by atoms with van der Waals surface area (Å²) in [5.41, 5.74) is -0.137. The maximum Gasteiger partial charge on any atom is 0.337 e. The summed E-state index contributed by atoms with van der Waals surface area (Å²) in [6.45, 7) is 1.55. The van der Waals surface area contributed by atoms with Gasteiger partial charge in [-0.15, -0.1) is 0 Å². The van der Waals surface area contributed by atoms with Crippen LogP contribution in [0.4, 0.5) is 10.5 Å². The van der Waals surface area contributed by atoms with Crippen LogP contribution in [0.2, 0.25) is 0 Å². The summed E-state index contributed by atoms with van der Waals surface area (Å²) in [4.78, 5) is 35.8. The number of hydrogen-bond donors (Lipinski definition) is 1. The molecule has 2 amide bonds. The van der Waals surface area contributed by atoms with Crippen LogP contribution in [-0.4, -0.2) is 43.1 Å². The fraction of sp³-hybridized carbons (Fsp3) is 0.333. The van der Waals surface area contributed by atoms with Crippen molar-refractivity contribution in [3.63, 3.8) is 0 Å². The van der Waals surface area contributed by atoms with Crippen molar-refractivity contribution in [3.8, 4) is 11.5 Å². The molecule has 0 aliphatic carbocycles. The lowest BCUT2D eigenvalue weighted by Crippen LogP contribution is -2.46. The number of nitro groups is 1. The van der Waals surface area contributed by atoms with Gasteiger partial charge in [0.2, 0.25) is 0 Å². The number of amides is 2. The number of rotatable bonds is 4. The van der Waals surface area contributed by atoms with Crippen molar-refractivity contribution in [2.75, 3.05) is 21.3 Å². The maximum absolute atomic E-state index is 12.2. The molecule has 0 saturated carbocycles. The second-order valence-corrected chi connectivity index (χ2v) is 5.26. The topological polar surface area (TPSA) is 134 Å². The predicted molar refractivity (Wildman–Crippen MR) is 82.8 cm³/mol. The summed E-state index contributed by atoms with van der Waals surface area (Å²) < 4.78 is 9.64. The number of ether oxygens (including phenoxy) is 2.